The van der Waals surface area contributed by atoms with Crippen molar-refractivity contribution in [2.24, 2.45) is 0 Å². The van der Waals surface area contributed by atoms with Crippen LogP contribution < -0.4 is 0 Å². The fourth-order valence-corrected chi connectivity index (χ4v) is 3.26. The van der Waals surface area contributed by atoms with E-state index in [0.29, 0.717) is 0 Å². The molecular formula is C16H10N6S. The highest BCUT2D eigenvalue weighted by molar-refractivity contribution is 7.17. The van der Waals surface area contributed by atoms with E-state index in [9.17, 15) is 0 Å². The topological polar surface area (TPSA) is 83.1 Å². The van der Waals surface area contributed by atoms with Gasteiger partial charge in [-0.25, -0.2) is 9.97 Å². The molecule has 3 heterocycles. The Kier molecular flexibility index (Phi) is 2.56. The number of nitrogens with zero attached hydrogens (tertiary/aromatic N) is 4. The van der Waals surface area contributed by atoms with Gasteiger partial charge in [0.15, 0.2) is 21.7 Å². The second-order valence-corrected chi connectivity index (χ2v) is 6.10. The van der Waals surface area contributed by atoms with Gasteiger partial charge >= 0.3 is 0 Å². The van der Waals surface area contributed by atoms with E-state index in [0.717, 1.165) is 43.7 Å². The van der Waals surface area contributed by atoms with Crippen molar-refractivity contribution in [2.45, 2.75) is 0 Å². The number of H-pyrrole nitrogens is 2. The lowest BCUT2D eigenvalue weighted by atomic mass is 10.3. The molecule has 0 saturated carbocycles. The van der Waals surface area contributed by atoms with Crippen LogP contribution in [-0.4, -0.2) is 30.1 Å². The number of fused-ring (bicyclic) bond motifs is 2. The first-order chi connectivity index (χ1) is 11.4. The lowest BCUT2D eigenvalue weighted by molar-refractivity contribution is 1.07. The zero-order valence-corrected chi connectivity index (χ0v) is 12.6. The normalized spacial score (nSPS) is 11.5. The molecule has 0 amide bonds. The van der Waals surface area contributed by atoms with Crippen molar-refractivity contribution < 1.29 is 0 Å². The zero-order valence-electron chi connectivity index (χ0n) is 11.8. The first-order valence-electron chi connectivity index (χ1n) is 7.10. The van der Waals surface area contributed by atoms with E-state index in [1.807, 2.05) is 48.5 Å². The molecule has 0 aliphatic heterocycles. The molecule has 0 radical (unpaired) electrons. The molecule has 0 aliphatic carbocycles. The first kappa shape index (κ1) is 12.5. The summed E-state index contributed by atoms with van der Waals surface area (Å²) in [5.74, 6) is 1.46. The largest absolute Gasteiger partial charge is 0.336 e. The summed E-state index contributed by atoms with van der Waals surface area (Å²) in [5.41, 5.74) is 3.82. The van der Waals surface area contributed by atoms with Gasteiger partial charge in [-0.3, -0.25) is 0 Å². The molecule has 0 fully saturated rings. The second-order valence-electron chi connectivity index (χ2n) is 5.12. The number of hydrogen-bond acceptors (Lipinski definition) is 5. The molecule has 0 spiro atoms. The molecular weight excluding hydrogens is 308 g/mol. The highest BCUT2D eigenvalue weighted by Gasteiger charge is 2.14. The van der Waals surface area contributed by atoms with Crippen LogP contribution in [0.3, 0.4) is 0 Å². The maximum absolute atomic E-state index is 4.55. The summed E-state index contributed by atoms with van der Waals surface area (Å²) in [6, 6.07) is 15.8. The smallest absolute Gasteiger partial charge is 0.183 e. The van der Waals surface area contributed by atoms with Crippen LogP contribution in [0.25, 0.3) is 43.7 Å². The van der Waals surface area contributed by atoms with E-state index in [1.54, 1.807) is 0 Å². The molecule has 110 valence electrons. The molecule has 23 heavy (non-hydrogen) atoms. The Morgan fingerprint density at radius 3 is 1.61 bits per heavy atom. The van der Waals surface area contributed by atoms with Crippen molar-refractivity contribution in [1.29, 1.82) is 0 Å². The summed E-state index contributed by atoms with van der Waals surface area (Å²) in [4.78, 5) is 15.6. The molecule has 5 rings (SSSR count). The number of benzene rings is 2. The molecule has 0 bridgehead atoms. The summed E-state index contributed by atoms with van der Waals surface area (Å²) < 4.78 is 0. The first-order valence-corrected chi connectivity index (χ1v) is 7.92. The summed E-state index contributed by atoms with van der Waals surface area (Å²) in [7, 11) is 0. The molecule has 0 aliphatic rings. The monoisotopic (exact) mass is 318 g/mol. The Labute approximate surface area is 134 Å². The van der Waals surface area contributed by atoms with Crippen LogP contribution in [0.2, 0.25) is 0 Å². The average molecular weight is 318 g/mol. The van der Waals surface area contributed by atoms with Crippen molar-refractivity contribution in [3.05, 3.63) is 48.5 Å². The van der Waals surface area contributed by atoms with Gasteiger partial charge in [-0.05, 0) is 24.3 Å². The molecule has 6 nitrogen and oxygen atoms in total. The van der Waals surface area contributed by atoms with Gasteiger partial charge in [0.2, 0.25) is 0 Å². The van der Waals surface area contributed by atoms with E-state index < -0.39 is 0 Å². The average Bonchev–Trinajstić information content (AvgIpc) is 3.30. The van der Waals surface area contributed by atoms with Gasteiger partial charge in [0.1, 0.15) is 0 Å². The lowest BCUT2D eigenvalue weighted by Gasteiger charge is -1.85. The summed E-state index contributed by atoms with van der Waals surface area (Å²) in [6.07, 6.45) is 0. The van der Waals surface area contributed by atoms with Crippen LogP contribution in [0.15, 0.2) is 48.5 Å². The van der Waals surface area contributed by atoms with Crippen LogP contribution >= 0.6 is 11.3 Å². The SMILES string of the molecule is c1ccc2[nH]c(-c3nnc(-c4nc5ccccc5[nH]4)s3)nc2c1. The highest BCUT2D eigenvalue weighted by atomic mass is 32.1. The van der Waals surface area contributed by atoms with E-state index in [1.165, 1.54) is 11.3 Å². The van der Waals surface area contributed by atoms with E-state index in [2.05, 4.69) is 30.1 Å². The summed E-state index contributed by atoms with van der Waals surface area (Å²) in [5, 5.41) is 9.98. The second kappa shape index (κ2) is 4.72. The molecule has 0 atom stereocenters. The van der Waals surface area contributed by atoms with Gasteiger partial charge in [0.25, 0.3) is 0 Å². The molecule has 0 unspecified atom stereocenters. The minimum absolute atomic E-state index is 0.728. The standard InChI is InChI=1S/C16H10N6S/c1-2-6-10-9(5-1)17-13(18-10)15-21-22-16(23-15)14-19-11-7-3-4-8-12(11)20-14/h1-8H,(H,17,18)(H,19,20). The van der Waals surface area contributed by atoms with Crippen molar-refractivity contribution in [3.8, 4) is 21.7 Å². The van der Waals surface area contributed by atoms with Crippen LogP contribution in [0, 0.1) is 0 Å². The summed E-state index contributed by atoms with van der Waals surface area (Å²) >= 11 is 1.46. The molecule has 7 heteroatoms. The maximum Gasteiger partial charge on any atom is 0.183 e. The van der Waals surface area contributed by atoms with Gasteiger partial charge in [-0.2, -0.15) is 0 Å². The third-order valence-corrected chi connectivity index (χ3v) is 4.55. The van der Waals surface area contributed by atoms with Gasteiger partial charge in [-0.1, -0.05) is 35.6 Å². The van der Waals surface area contributed by atoms with Crippen molar-refractivity contribution in [2.75, 3.05) is 0 Å². The maximum atomic E-state index is 4.55. The number of nitrogens with one attached hydrogen (secondary N) is 2. The minimum atomic E-state index is 0.728. The van der Waals surface area contributed by atoms with Crippen molar-refractivity contribution in [3.63, 3.8) is 0 Å². The Balaban J connectivity index is 1.59. The molecule has 5 aromatic rings. The minimum Gasteiger partial charge on any atom is -0.336 e. The lowest BCUT2D eigenvalue weighted by Crippen LogP contribution is -1.79. The molecule has 2 aromatic carbocycles. The number of hydrogen-bond donors (Lipinski definition) is 2. The van der Waals surface area contributed by atoms with E-state index >= 15 is 0 Å². The third-order valence-electron chi connectivity index (χ3n) is 3.61. The number of rotatable bonds is 2. The fraction of sp³-hybridized carbons (Fsp3) is 0. The molecule has 0 saturated heterocycles. The van der Waals surface area contributed by atoms with Crippen LogP contribution in [0.5, 0.6) is 0 Å². The van der Waals surface area contributed by atoms with Gasteiger partial charge in [0, 0.05) is 0 Å². The summed E-state index contributed by atoms with van der Waals surface area (Å²) in [6.45, 7) is 0. The van der Waals surface area contributed by atoms with Crippen LogP contribution in [0.1, 0.15) is 0 Å². The Hall–Kier alpha value is -3.06. The Bertz CT molecular complexity index is 981. The zero-order chi connectivity index (χ0) is 15.2. The number of aromatic nitrogens is 6. The van der Waals surface area contributed by atoms with Crippen molar-refractivity contribution in [1.82, 2.24) is 30.1 Å². The molecule has 3 aromatic heterocycles. The molecule has 2 N–H and O–H groups in total. The Morgan fingerprint density at radius 2 is 1.13 bits per heavy atom. The number of para-hydroxylation sites is 4. The third kappa shape index (κ3) is 2.01. The van der Waals surface area contributed by atoms with Crippen LogP contribution in [-0.2, 0) is 0 Å². The van der Waals surface area contributed by atoms with Gasteiger partial charge in [-0.15, -0.1) is 10.2 Å². The highest BCUT2D eigenvalue weighted by Crippen LogP contribution is 2.29. The van der Waals surface area contributed by atoms with E-state index in [-0.39, 0.29) is 0 Å². The van der Waals surface area contributed by atoms with Crippen molar-refractivity contribution >= 4 is 33.4 Å². The number of imidazole rings is 2. The Morgan fingerprint density at radius 1 is 0.652 bits per heavy atom. The predicted molar refractivity (Wildman–Crippen MR) is 90.1 cm³/mol. The quantitative estimate of drug-likeness (QED) is 0.520. The fourth-order valence-electron chi connectivity index (χ4n) is 2.52. The predicted octanol–water partition coefficient (Wildman–Crippen LogP) is 3.62. The van der Waals surface area contributed by atoms with Gasteiger partial charge in [0.05, 0.1) is 22.1 Å². The van der Waals surface area contributed by atoms with E-state index in [4.69, 9.17) is 0 Å². The number of aromatic amines is 2. The van der Waals surface area contributed by atoms with Gasteiger partial charge < -0.3 is 9.97 Å². The van der Waals surface area contributed by atoms with Crippen LogP contribution in [0.4, 0.5) is 0 Å².